The van der Waals surface area contributed by atoms with Crippen molar-refractivity contribution in [3.63, 3.8) is 0 Å². The fourth-order valence-electron chi connectivity index (χ4n) is 6.91. The Morgan fingerprint density at radius 1 is 1.21 bits per heavy atom. The van der Waals surface area contributed by atoms with Crippen LogP contribution in [-0.2, 0) is 4.74 Å². The Balaban J connectivity index is 1.62. The van der Waals surface area contributed by atoms with Crippen molar-refractivity contribution >= 4 is 0 Å². The largest absolute Gasteiger partial charge is 0.393 e. The Hall–Kier alpha value is -0.940. The smallest absolute Gasteiger partial charge is 0.0811 e. The third kappa shape index (κ3) is 6.01. The number of aliphatic hydroxyl groups is 3. The summed E-state index contributed by atoms with van der Waals surface area (Å²) in [7, 11) is 0. The Morgan fingerprint density at radius 2 is 1.94 bits per heavy atom. The van der Waals surface area contributed by atoms with Gasteiger partial charge in [-0.15, -0.1) is 0 Å². The van der Waals surface area contributed by atoms with Crippen molar-refractivity contribution in [3.8, 4) is 0 Å². The van der Waals surface area contributed by atoms with Gasteiger partial charge in [-0.05, 0) is 99.5 Å². The molecule has 3 unspecified atom stereocenters. The van der Waals surface area contributed by atoms with E-state index in [9.17, 15) is 15.3 Å². The first-order valence-corrected chi connectivity index (χ1v) is 13.4. The van der Waals surface area contributed by atoms with E-state index in [0.717, 1.165) is 49.9 Å². The molecule has 0 spiro atoms. The lowest BCUT2D eigenvalue weighted by Crippen LogP contribution is -2.39. The van der Waals surface area contributed by atoms with Gasteiger partial charge in [-0.25, -0.2) is 0 Å². The Morgan fingerprint density at radius 3 is 2.64 bits per heavy atom. The highest BCUT2D eigenvalue weighted by Gasteiger charge is 2.51. The third-order valence-corrected chi connectivity index (χ3v) is 9.35. The van der Waals surface area contributed by atoms with Crippen LogP contribution in [0.3, 0.4) is 0 Å². The molecule has 3 aliphatic carbocycles. The summed E-state index contributed by atoms with van der Waals surface area (Å²) in [6, 6.07) is 0. The molecule has 0 aliphatic heterocycles. The molecule has 3 aliphatic rings. The standard InChI is InChI=1S/C29H48O4/c1-6-29(32,7-2)16-9-17-33-21(4)25-13-14-26-22(10-8-15-28(25,26)5)11-12-23-18-24(30)19-27(31)20(23)3/h11-12,21,24-27,30-32H,3,6-10,13-19H2,1-2,4-5H3/b22-11+,23-12-/t21?,24?,25-,26+,27?,28-/m1/s1. The number of hydrogen-bond donors (Lipinski definition) is 3. The predicted octanol–water partition coefficient (Wildman–Crippen LogP) is 5.86. The molecule has 0 aromatic rings. The summed E-state index contributed by atoms with van der Waals surface area (Å²) in [5.41, 5.74) is 3.00. The van der Waals surface area contributed by atoms with Crippen molar-refractivity contribution < 1.29 is 20.1 Å². The molecule has 0 aromatic carbocycles. The van der Waals surface area contributed by atoms with Gasteiger partial charge in [0.05, 0.1) is 23.9 Å². The van der Waals surface area contributed by atoms with Crippen molar-refractivity contribution in [3.05, 3.63) is 35.5 Å². The number of hydrogen-bond acceptors (Lipinski definition) is 4. The second-order valence-electron chi connectivity index (χ2n) is 11.3. The second kappa shape index (κ2) is 11.2. The second-order valence-corrected chi connectivity index (χ2v) is 11.3. The van der Waals surface area contributed by atoms with E-state index in [1.807, 2.05) is 0 Å². The SMILES string of the molecule is C=C1/C(=C\C=C2/CCC[C@]3(C)[C@@H](C(C)OCCCC(O)(CC)CC)CC[C@@H]23)CC(O)CC1O. The lowest BCUT2D eigenvalue weighted by atomic mass is 9.62. The van der Waals surface area contributed by atoms with Gasteiger partial charge in [0.2, 0.25) is 0 Å². The van der Waals surface area contributed by atoms with Gasteiger partial charge in [-0.1, -0.05) is 45.1 Å². The van der Waals surface area contributed by atoms with Crippen LogP contribution in [0.4, 0.5) is 0 Å². The van der Waals surface area contributed by atoms with E-state index < -0.39 is 17.8 Å². The van der Waals surface area contributed by atoms with Gasteiger partial charge in [0.1, 0.15) is 0 Å². The van der Waals surface area contributed by atoms with Crippen LogP contribution in [0.15, 0.2) is 35.5 Å². The van der Waals surface area contributed by atoms with Crippen LogP contribution < -0.4 is 0 Å². The molecule has 3 saturated carbocycles. The molecule has 6 atom stereocenters. The minimum absolute atomic E-state index is 0.234. The first kappa shape index (κ1) is 26.7. The van der Waals surface area contributed by atoms with Gasteiger partial charge >= 0.3 is 0 Å². The molecule has 188 valence electrons. The number of fused-ring (bicyclic) bond motifs is 1. The summed E-state index contributed by atoms with van der Waals surface area (Å²) in [4.78, 5) is 0. The molecule has 0 heterocycles. The highest BCUT2D eigenvalue weighted by Crippen LogP contribution is 2.58. The lowest BCUT2D eigenvalue weighted by Gasteiger charge is -2.44. The third-order valence-electron chi connectivity index (χ3n) is 9.35. The summed E-state index contributed by atoms with van der Waals surface area (Å²) >= 11 is 0. The first-order valence-electron chi connectivity index (χ1n) is 13.4. The minimum Gasteiger partial charge on any atom is -0.393 e. The zero-order valence-electron chi connectivity index (χ0n) is 21.5. The van der Waals surface area contributed by atoms with Crippen molar-refractivity contribution in [1.29, 1.82) is 0 Å². The highest BCUT2D eigenvalue weighted by atomic mass is 16.5. The fourth-order valence-corrected chi connectivity index (χ4v) is 6.91. The lowest BCUT2D eigenvalue weighted by molar-refractivity contribution is -0.0365. The number of ether oxygens (including phenoxy) is 1. The Kier molecular flexibility index (Phi) is 9.05. The molecule has 0 saturated heterocycles. The van der Waals surface area contributed by atoms with E-state index in [-0.39, 0.29) is 11.5 Å². The normalized spacial score (nSPS) is 36.4. The molecule has 0 bridgehead atoms. The average molecular weight is 461 g/mol. The molecule has 3 fully saturated rings. The van der Waals surface area contributed by atoms with Crippen LogP contribution >= 0.6 is 0 Å². The Bertz CT molecular complexity index is 734. The van der Waals surface area contributed by atoms with Gasteiger partial charge in [0.15, 0.2) is 0 Å². The van der Waals surface area contributed by atoms with Crippen LogP contribution in [0.25, 0.3) is 0 Å². The van der Waals surface area contributed by atoms with Gasteiger partial charge < -0.3 is 20.1 Å². The van der Waals surface area contributed by atoms with Crippen LogP contribution in [0.2, 0.25) is 0 Å². The average Bonchev–Trinajstić information content (AvgIpc) is 3.15. The van der Waals surface area contributed by atoms with E-state index in [4.69, 9.17) is 4.74 Å². The van der Waals surface area contributed by atoms with E-state index in [1.165, 1.54) is 31.3 Å². The maximum absolute atomic E-state index is 10.5. The molecule has 4 heteroatoms. The molecule has 4 nitrogen and oxygen atoms in total. The number of aliphatic hydroxyl groups excluding tert-OH is 2. The number of rotatable bonds is 9. The summed E-state index contributed by atoms with van der Waals surface area (Å²) in [5.74, 6) is 1.14. The van der Waals surface area contributed by atoms with Crippen molar-refractivity contribution in [1.82, 2.24) is 0 Å². The van der Waals surface area contributed by atoms with Gasteiger partial charge in [0.25, 0.3) is 0 Å². The molecule has 0 amide bonds. The maximum atomic E-state index is 10.5. The summed E-state index contributed by atoms with van der Waals surface area (Å²) in [5, 5.41) is 30.7. The number of allylic oxidation sites excluding steroid dienone is 3. The van der Waals surface area contributed by atoms with Crippen molar-refractivity contribution in [2.75, 3.05) is 6.61 Å². The predicted molar refractivity (Wildman–Crippen MR) is 135 cm³/mol. The maximum Gasteiger partial charge on any atom is 0.0811 e. The summed E-state index contributed by atoms with van der Waals surface area (Å²) in [6.07, 6.45) is 13.8. The van der Waals surface area contributed by atoms with Crippen molar-refractivity contribution in [2.45, 2.75) is 122 Å². The van der Waals surface area contributed by atoms with Gasteiger partial charge in [0, 0.05) is 13.0 Å². The topological polar surface area (TPSA) is 69.9 Å². The molecule has 33 heavy (non-hydrogen) atoms. The zero-order chi connectivity index (χ0) is 24.2. The van der Waals surface area contributed by atoms with E-state index in [2.05, 4.69) is 46.4 Å². The van der Waals surface area contributed by atoms with Gasteiger partial charge in [-0.2, -0.15) is 0 Å². The van der Waals surface area contributed by atoms with E-state index >= 15 is 0 Å². The molecular weight excluding hydrogens is 412 g/mol. The van der Waals surface area contributed by atoms with Crippen LogP contribution in [0.5, 0.6) is 0 Å². The molecule has 3 N–H and O–H groups in total. The van der Waals surface area contributed by atoms with Crippen LogP contribution in [-0.4, -0.2) is 45.8 Å². The monoisotopic (exact) mass is 460 g/mol. The highest BCUT2D eigenvalue weighted by molar-refractivity contribution is 5.38. The molecule has 0 radical (unpaired) electrons. The minimum atomic E-state index is -0.630. The van der Waals surface area contributed by atoms with Gasteiger partial charge in [-0.3, -0.25) is 0 Å². The molecular formula is C29H48O4. The first-order chi connectivity index (χ1) is 15.6. The zero-order valence-corrected chi connectivity index (χ0v) is 21.5. The quantitative estimate of drug-likeness (QED) is 0.377. The molecule has 0 aromatic heterocycles. The van der Waals surface area contributed by atoms with E-state index in [1.54, 1.807) is 0 Å². The summed E-state index contributed by atoms with van der Waals surface area (Å²) < 4.78 is 6.34. The Labute approximate surface area is 201 Å². The van der Waals surface area contributed by atoms with E-state index in [0.29, 0.717) is 24.7 Å². The van der Waals surface area contributed by atoms with Crippen molar-refractivity contribution in [2.24, 2.45) is 17.3 Å². The van der Waals surface area contributed by atoms with Crippen LogP contribution in [0.1, 0.15) is 98.3 Å². The fraction of sp³-hybridized carbons (Fsp3) is 0.793. The molecule has 3 rings (SSSR count). The summed E-state index contributed by atoms with van der Waals surface area (Å²) in [6.45, 7) is 13.6. The van der Waals surface area contributed by atoms with Crippen LogP contribution in [0, 0.1) is 17.3 Å².